The lowest BCUT2D eigenvalue weighted by atomic mass is 9.96. The van der Waals surface area contributed by atoms with Crippen molar-refractivity contribution in [3.05, 3.63) is 65.5 Å². The molecule has 3 rings (SSSR count). The van der Waals surface area contributed by atoms with E-state index in [0.29, 0.717) is 30.9 Å². The third kappa shape index (κ3) is 4.52. The van der Waals surface area contributed by atoms with Crippen LogP contribution in [0.2, 0.25) is 0 Å². The molecule has 0 saturated carbocycles. The van der Waals surface area contributed by atoms with E-state index in [1.54, 1.807) is 53.7 Å². The van der Waals surface area contributed by atoms with Crippen LogP contribution >= 0.6 is 0 Å². The van der Waals surface area contributed by atoms with Gasteiger partial charge in [-0.1, -0.05) is 12.1 Å². The Bertz CT molecular complexity index is 940. The smallest absolute Gasteiger partial charge is 0.295 e. The highest BCUT2D eigenvalue weighted by molar-refractivity contribution is 6.46. The van der Waals surface area contributed by atoms with Gasteiger partial charge >= 0.3 is 0 Å². The van der Waals surface area contributed by atoms with Crippen LogP contribution in [0.25, 0.3) is 5.76 Å². The maximum absolute atomic E-state index is 13.0. The lowest BCUT2D eigenvalue weighted by Crippen LogP contribution is -2.32. The van der Waals surface area contributed by atoms with Gasteiger partial charge in [0.1, 0.15) is 11.5 Å². The van der Waals surface area contributed by atoms with Crippen LogP contribution in [-0.2, 0) is 9.59 Å². The standard InChI is InChI=1S/C23H27N3O4/c1-4-30-18-8-5-7-17(15-18)21(27)19-20(16-9-11-24-12-10-16)26(23(29)22(19)28)14-6-13-25(2)3/h5,7-12,15,20,27H,4,6,13-14H2,1-3H3/b21-19-. The predicted octanol–water partition coefficient (Wildman–Crippen LogP) is 2.85. The van der Waals surface area contributed by atoms with Crippen LogP contribution in [0.15, 0.2) is 54.4 Å². The van der Waals surface area contributed by atoms with Gasteiger partial charge in [0.15, 0.2) is 0 Å². The monoisotopic (exact) mass is 409 g/mol. The molecule has 1 aliphatic heterocycles. The molecule has 1 unspecified atom stereocenters. The molecule has 0 radical (unpaired) electrons. The summed E-state index contributed by atoms with van der Waals surface area (Å²) in [6.45, 7) is 3.54. The Labute approximate surface area is 176 Å². The number of ether oxygens (including phenoxy) is 1. The molecule has 1 N–H and O–H groups in total. The molecule has 1 aromatic heterocycles. The predicted molar refractivity (Wildman–Crippen MR) is 114 cm³/mol. The fourth-order valence-corrected chi connectivity index (χ4v) is 3.62. The normalized spacial score (nSPS) is 18.3. The largest absolute Gasteiger partial charge is 0.507 e. The number of nitrogens with zero attached hydrogens (tertiary/aromatic N) is 3. The van der Waals surface area contributed by atoms with Crippen LogP contribution in [0, 0.1) is 0 Å². The average Bonchev–Trinajstić information content (AvgIpc) is 2.99. The van der Waals surface area contributed by atoms with Crippen LogP contribution in [-0.4, -0.2) is 65.4 Å². The van der Waals surface area contributed by atoms with Gasteiger partial charge in [0, 0.05) is 24.5 Å². The number of rotatable bonds is 8. The molecule has 1 atom stereocenters. The Morgan fingerprint density at radius 3 is 2.60 bits per heavy atom. The zero-order valence-corrected chi connectivity index (χ0v) is 17.5. The third-order valence-corrected chi connectivity index (χ3v) is 4.98. The molecule has 1 saturated heterocycles. The van der Waals surface area contributed by atoms with E-state index in [0.717, 1.165) is 12.1 Å². The summed E-state index contributed by atoms with van der Waals surface area (Å²) in [6.07, 6.45) is 3.94. The maximum Gasteiger partial charge on any atom is 0.295 e. The third-order valence-electron chi connectivity index (χ3n) is 4.98. The molecule has 1 fully saturated rings. The number of carbonyl (C=O) groups excluding carboxylic acids is 2. The molecular formula is C23H27N3O4. The Morgan fingerprint density at radius 2 is 1.93 bits per heavy atom. The average molecular weight is 409 g/mol. The molecule has 0 bridgehead atoms. The first-order valence-corrected chi connectivity index (χ1v) is 10.00. The highest BCUT2D eigenvalue weighted by atomic mass is 16.5. The number of aliphatic hydroxyl groups excluding tert-OH is 1. The van der Waals surface area contributed by atoms with Gasteiger partial charge in [-0.25, -0.2) is 0 Å². The van der Waals surface area contributed by atoms with Crippen LogP contribution in [0.1, 0.15) is 30.5 Å². The summed E-state index contributed by atoms with van der Waals surface area (Å²) in [4.78, 5) is 33.4. The second-order valence-corrected chi connectivity index (χ2v) is 7.39. The summed E-state index contributed by atoms with van der Waals surface area (Å²) >= 11 is 0. The topological polar surface area (TPSA) is 83.0 Å². The van der Waals surface area contributed by atoms with Crippen molar-refractivity contribution >= 4 is 17.4 Å². The quantitative estimate of drug-likeness (QED) is 0.410. The van der Waals surface area contributed by atoms with E-state index in [1.807, 2.05) is 25.9 Å². The molecule has 0 aliphatic carbocycles. The number of Topliss-reactive ketones (excluding diaryl/α,β-unsaturated/α-hetero) is 1. The van der Waals surface area contributed by atoms with Crippen LogP contribution < -0.4 is 4.74 Å². The van der Waals surface area contributed by atoms with Crippen molar-refractivity contribution in [1.29, 1.82) is 0 Å². The minimum atomic E-state index is -0.680. The maximum atomic E-state index is 13.0. The summed E-state index contributed by atoms with van der Waals surface area (Å²) < 4.78 is 5.51. The highest BCUT2D eigenvalue weighted by Crippen LogP contribution is 2.39. The van der Waals surface area contributed by atoms with Gasteiger partial charge in [0.2, 0.25) is 0 Å². The van der Waals surface area contributed by atoms with Gasteiger partial charge < -0.3 is 19.6 Å². The molecule has 30 heavy (non-hydrogen) atoms. The SMILES string of the molecule is CCOc1cccc(/C(O)=C2/C(=O)C(=O)N(CCCN(C)C)C2c2ccncc2)c1. The Morgan fingerprint density at radius 1 is 1.20 bits per heavy atom. The molecular weight excluding hydrogens is 382 g/mol. The molecule has 7 nitrogen and oxygen atoms in total. The number of aliphatic hydroxyl groups is 1. The van der Waals surface area contributed by atoms with E-state index in [-0.39, 0.29) is 11.3 Å². The number of ketones is 1. The molecule has 1 amide bonds. The number of aromatic nitrogens is 1. The second kappa shape index (κ2) is 9.54. The lowest BCUT2D eigenvalue weighted by molar-refractivity contribution is -0.139. The molecule has 2 aromatic rings. The first-order valence-electron chi connectivity index (χ1n) is 10.00. The number of benzene rings is 1. The van der Waals surface area contributed by atoms with E-state index in [9.17, 15) is 14.7 Å². The summed E-state index contributed by atoms with van der Waals surface area (Å²) in [5, 5.41) is 11.1. The van der Waals surface area contributed by atoms with Crippen molar-refractivity contribution in [2.45, 2.75) is 19.4 Å². The Kier molecular flexibility index (Phi) is 6.84. The fraction of sp³-hybridized carbons (Fsp3) is 0.348. The van der Waals surface area contributed by atoms with Crippen LogP contribution in [0.3, 0.4) is 0 Å². The van der Waals surface area contributed by atoms with Crippen molar-refractivity contribution in [3.63, 3.8) is 0 Å². The second-order valence-electron chi connectivity index (χ2n) is 7.39. The van der Waals surface area contributed by atoms with Crippen molar-refractivity contribution < 1.29 is 19.4 Å². The molecule has 1 aromatic carbocycles. The van der Waals surface area contributed by atoms with Gasteiger partial charge in [-0.3, -0.25) is 14.6 Å². The molecule has 7 heteroatoms. The van der Waals surface area contributed by atoms with Gasteiger partial charge in [-0.15, -0.1) is 0 Å². The van der Waals surface area contributed by atoms with Crippen molar-refractivity contribution in [1.82, 2.24) is 14.8 Å². The first kappa shape index (κ1) is 21.5. The van der Waals surface area contributed by atoms with E-state index >= 15 is 0 Å². The Hall–Kier alpha value is -3.19. The number of carbonyl (C=O) groups is 2. The molecule has 2 heterocycles. The number of hydrogen-bond acceptors (Lipinski definition) is 6. The first-order chi connectivity index (χ1) is 14.4. The van der Waals surface area contributed by atoms with Crippen LogP contribution in [0.4, 0.5) is 0 Å². The molecule has 1 aliphatic rings. The fourth-order valence-electron chi connectivity index (χ4n) is 3.62. The summed E-state index contributed by atoms with van der Waals surface area (Å²) in [5.41, 5.74) is 1.26. The van der Waals surface area contributed by atoms with Gasteiger partial charge in [0.05, 0.1) is 18.2 Å². The summed E-state index contributed by atoms with van der Waals surface area (Å²) in [7, 11) is 3.92. The van der Waals surface area contributed by atoms with E-state index < -0.39 is 17.7 Å². The zero-order chi connectivity index (χ0) is 21.7. The van der Waals surface area contributed by atoms with Crippen molar-refractivity contribution in [2.75, 3.05) is 33.8 Å². The summed E-state index contributed by atoms with van der Waals surface area (Å²) in [6, 6.07) is 9.75. The van der Waals surface area contributed by atoms with Crippen molar-refractivity contribution in [3.8, 4) is 5.75 Å². The van der Waals surface area contributed by atoms with E-state index in [2.05, 4.69) is 4.98 Å². The van der Waals surface area contributed by atoms with Gasteiger partial charge in [-0.2, -0.15) is 0 Å². The minimum absolute atomic E-state index is 0.0877. The van der Waals surface area contributed by atoms with Crippen molar-refractivity contribution in [2.24, 2.45) is 0 Å². The highest BCUT2D eigenvalue weighted by Gasteiger charge is 2.45. The Balaban J connectivity index is 2.06. The van der Waals surface area contributed by atoms with Crippen LogP contribution in [0.5, 0.6) is 5.75 Å². The van der Waals surface area contributed by atoms with Gasteiger partial charge in [-0.05, 0) is 63.8 Å². The van der Waals surface area contributed by atoms with Gasteiger partial charge in [0.25, 0.3) is 11.7 Å². The number of amides is 1. The summed E-state index contributed by atoms with van der Waals surface area (Å²) in [5.74, 6) is -0.895. The van der Waals surface area contributed by atoms with E-state index in [4.69, 9.17) is 4.74 Å². The molecule has 158 valence electrons. The number of likely N-dealkylation sites (tertiary alicyclic amines) is 1. The number of hydrogen-bond donors (Lipinski definition) is 1. The molecule has 0 spiro atoms. The minimum Gasteiger partial charge on any atom is -0.507 e. The number of pyridine rings is 1. The lowest BCUT2D eigenvalue weighted by Gasteiger charge is -2.25. The van der Waals surface area contributed by atoms with E-state index in [1.165, 1.54) is 0 Å². The zero-order valence-electron chi connectivity index (χ0n) is 17.5.